The lowest BCUT2D eigenvalue weighted by Gasteiger charge is -2.18. The SMILES string of the molecule is CNC(=O)c1ccc(CN(C)C(=O)CNC(=O)c2ccc(OC)c([N+](=O)[O-])c2)cc1. The average molecular weight is 414 g/mol. The Balaban J connectivity index is 1.94. The van der Waals surface area contributed by atoms with Crippen molar-refractivity contribution in [3.8, 4) is 5.75 Å². The molecule has 0 saturated carbocycles. The van der Waals surface area contributed by atoms with Gasteiger partial charge in [-0.2, -0.15) is 0 Å². The normalized spacial score (nSPS) is 10.1. The predicted octanol–water partition coefficient (Wildman–Crippen LogP) is 1.35. The van der Waals surface area contributed by atoms with Gasteiger partial charge in [-0.25, -0.2) is 0 Å². The highest BCUT2D eigenvalue weighted by Gasteiger charge is 2.19. The molecule has 0 spiro atoms. The van der Waals surface area contributed by atoms with E-state index < -0.39 is 10.8 Å². The maximum atomic E-state index is 12.3. The summed E-state index contributed by atoms with van der Waals surface area (Å²) in [6.07, 6.45) is 0. The Morgan fingerprint density at radius 1 is 1.07 bits per heavy atom. The highest BCUT2D eigenvalue weighted by Crippen LogP contribution is 2.27. The molecule has 0 aliphatic carbocycles. The second kappa shape index (κ2) is 10.0. The second-order valence-corrected chi connectivity index (χ2v) is 6.35. The molecule has 158 valence electrons. The van der Waals surface area contributed by atoms with Gasteiger partial charge in [0.15, 0.2) is 5.75 Å². The standard InChI is InChI=1S/C20H22N4O6/c1-21-19(26)14-6-4-13(5-7-14)12-23(2)18(25)11-22-20(27)15-8-9-17(30-3)16(10-15)24(28)29/h4-10H,11-12H2,1-3H3,(H,21,26)(H,22,27). The number of amides is 3. The van der Waals surface area contributed by atoms with Gasteiger partial charge >= 0.3 is 5.69 Å². The average Bonchev–Trinajstić information content (AvgIpc) is 2.76. The molecule has 2 aromatic carbocycles. The summed E-state index contributed by atoms with van der Waals surface area (Å²) < 4.78 is 4.90. The smallest absolute Gasteiger partial charge is 0.311 e. The van der Waals surface area contributed by atoms with Crippen molar-refractivity contribution in [2.24, 2.45) is 0 Å². The first-order chi connectivity index (χ1) is 14.3. The fourth-order valence-corrected chi connectivity index (χ4v) is 2.63. The van der Waals surface area contributed by atoms with Crippen LogP contribution in [0.1, 0.15) is 26.3 Å². The van der Waals surface area contributed by atoms with Gasteiger partial charge in [-0.3, -0.25) is 24.5 Å². The molecule has 0 aliphatic heterocycles. The highest BCUT2D eigenvalue weighted by atomic mass is 16.6. The van der Waals surface area contributed by atoms with Gasteiger partial charge in [-0.1, -0.05) is 12.1 Å². The molecular weight excluding hydrogens is 392 g/mol. The molecule has 0 radical (unpaired) electrons. The quantitative estimate of drug-likeness (QED) is 0.495. The van der Waals surface area contributed by atoms with Gasteiger partial charge in [-0.05, 0) is 29.8 Å². The lowest BCUT2D eigenvalue weighted by atomic mass is 10.1. The monoisotopic (exact) mass is 414 g/mol. The van der Waals surface area contributed by atoms with Crippen LogP contribution in [0.5, 0.6) is 5.75 Å². The van der Waals surface area contributed by atoms with Crippen LogP contribution in [0.3, 0.4) is 0 Å². The fourth-order valence-electron chi connectivity index (χ4n) is 2.63. The van der Waals surface area contributed by atoms with Gasteiger partial charge in [-0.15, -0.1) is 0 Å². The van der Waals surface area contributed by atoms with Crippen molar-refractivity contribution in [2.45, 2.75) is 6.54 Å². The maximum Gasteiger partial charge on any atom is 0.311 e. The van der Waals surface area contributed by atoms with E-state index in [1.807, 2.05) is 0 Å². The Kier molecular flexibility index (Phi) is 7.45. The Labute approximate surface area is 173 Å². The van der Waals surface area contributed by atoms with E-state index in [4.69, 9.17) is 4.74 Å². The molecule has 0 aromatic heterocycles. The van der Waals surface area contributed by atoms with E-state index in [9.17, 15) is 24.5 Å². The summed E-state index contributed by atoms with van der Waals surface area (Å²) in [6, 6.07) is 10.6. The van der Waals surface area contributed by atoms with E-state index in [0.29, 0.717) is 5.56 Å². The third-order valence-corrected chi connectivity index (χ3v) is 4.33. The van der Waals surface area contributed by atoms with Crippen molar-refractivity contribution >= 4 is 23.4 Å². The molecule has 0 bridgehead atoms. The van der Waals surface area contributed by atoms with Gasteiger partial charge in [0.05, 0.1) is 18.6 Å². The molecule has 0 fully saturated rings. The van der Waals surface area contributed by atoms with Gasteiger partial charge in [0.2, 0.25) is 5.91 Å². The molecule has 2 aromatic rings. The molecule has 10 nitrogen and oxygen atoms in total. The van der Waals surface area contributed by atoms with E-state index in [1.54, 1.807) is 38.4 Å². The van der Waals surface area contributed by atoms with Gasteiger partial charge in [0.25, 0.3) is 11.8 Å². The van der Waals surface area contributed by atoms with Crippen LogP contribution < -0.4 is 15.4 Å². The minimum absolute atomic E-state index is 0.0368. The fraction of sp³-hybridized carbons (Fsp3) is 0.250. The molecular formula is C20H22N4O6. The molecule has 3 amide bonds. The largest absolute Gasteiger partial charge is 0.490 e. The molecule has 10 heteroatoms. The van der Waals surface area contributed by atoms with Crippen LogP contribution in [0.2, 0.25) is 0 Å². The number of carbonyl (C=O) groups is 3. The topological polar surface area (TPSA) is 131 Å². The van der Waals surface area contributed by atoms with Crippen molar-refractivity contribution in [2.75, 3.05) is 27.7 Å². The number of rotatable bonds is 8. The van der Waals surface area contributed by atoms with Crippen molar-refractivity contribution in [1.29, 1.82) is 0 Å². The Hall–Kier alpha value is -3.95. The lowest BCUT2D eigenvalue weighted by molar-refractivity contribution is -0.385. The van der Waals surface area contributed by atoms with Crippen molar-refractivity contribution < 1.29 is 24.0 Å². The van der Waals surface area contributed by atoms with E-state index in [0.717, 1.165) is 11.6 Å². The number of carbonyl (C=O) groups excluding carboxylic acids is 3. The number of benzene rings is 2. The summed E-state index contributed by atoms with van der Waals surface area (Å²) in [6.45, 7) is 0.0161. The van der Waals surface area contributed by atoms with Crippen LogP contribution in [0.15, 0.2) is 42.5 Å². The van der Waals surface area contributed by atoms with Gasteiger partial charge < -0.3 is 20.3 Å². The van der Waals surface area contributed by atoms with Crippen LogP contribution in [0.25, 0.3) is 0 Å². The van der Waals surface area contributed by atoms with E-state index in [1.165, 1.54) is 24.1 Å². The van der Waals surface area contributed by atoms with Crippen molar-refractivity contribution in [3.05, 3.63) is 69.3 Å². The lowest BCUT2D eigenvalue weighted by Crippen LogP contribution is -2.37. The van der Waals surface area contributed by atoms with Crippen LogP contribution in [-0.2, 0) is 11.3 Å². The zero-order valence-electron chi connectivity index (χ0n) is 16.8. The number of ether oxygens (including phenoxy) is 1. The minimum atomic E-state index is -0.649. The number of likely N-dealkylation sites (N-methyl/N-ethyl adjacent to an activating group) is 1. The number of hydrogen-bond acceptors (Lipinski definition) is 6. The summed E-state index contributed by atoms with van der Waals surface area (Å²) in [4.78, 5) is 47.9. The molecule has 30 heavy (non-hydrogen) atoms. The van der Waals surface area contributed by atoms with E-state index >= 15 is 0 Å². The number of hydrogen-bond donors (Lipinski definition) is 2. The molecule has 0 heterocycles. The molecule has 2 rings (SSSR count). The second-order valence-electron chi connectivity index (χ2n) is 6.35. The molecule has 0 unspecified atom stereocenters. The number of nitrogens with zero attached hydrogens (tertiary/aromatic N) is 2. The molecule has 0 aliphatic rings. The molecule has 0 atom stereocenters. The summed E-state index contributed by atoms with van der Waals surface area (Å²) in [7, 11) is 4.42. The Morgan fingerprint density at radius 2 is 1.70 bits per heavy atom. The number of nitro benzene ring substituents is 1. The van der Waals surface area contributed by atoms with Crippen LogP contribution in [0, 0.1) is 10.1 Å². The molecule has 2 N–H and O–H groups in total. The zero-order chi connectivity index (χ0) is 22.3. The first-order valence-electron chi connectivity index (χ1n) is 8.92. The molecule has 0 saturated heterocycles. The summed E-state index contributed by atoms with van der Waals surface area (Å²) >= 11 is 0. The number of methoxy groups -OCH3 is 1. The summed E-state index contributed by atoms with van der Waals surface area (Å²) in [5.74, 6) is -1.12. The first-order valence-corrected chi connectivity index (χ1v) is 8.92. The Bertz CT molecular complexity index is 958. The van der Waals surface area contributed by atoms with Crippen LogP contribution in [-0.4, -0.2) is 55.3 Å². The zero-order valence-corrected chi connectivity index (χ0v) is 16.8. The minimum Gasteiger partial charge on any atom is -0.490 e. The van der Waals surface area contributed by atoms with Crippen molar-refractivity contribution in [1.82, 2.24) is 15.5 Å². The number of nitrogens with one attached hydrogen (secondary N) is 2. The van der Waals surface area contributed by atoms with Crippen LogP contribution >= 0.6 is 0 Å². The van der Waals surface area contributed by atoms with E-state index in [2.05, 4.69) is 10.6 Å². The van der Waals surface area contributed by atoms with Crippen molar-refractivity contribution in [3.63, 3.8) is 0 Å². The predicted molar refractivity (Wildman–Crippen MR) is 108 cm³/mol. The van der Waals surface area contributed by atoms with E-state index in [-0.39, 0.29) is 41.9 Å². The third kappa shape index (κ3) is 5.53. The Morgan fingerprint density at radius 3 is 2.27 bits per heavy atom. The third-order valence-electron chi connectivity index (χ3n) is 4.33. The van der Waals surface area contributed by atoms with Crippen LogP contribution in [0.4, 0.5) is 5.69 Å². The van der Waals surface area contributed by atoms with Gasteiger partial charge in [0.1, 0.15) is 0 Å². The summed E-state index contributed by atoms with van der Waals surface area (Å²) in [5.41, 5.74) is 1.03. The van der Waals surface area contributed by atoms with Gasteiger partial charge in [0, 0.05) is 37.8 Å². The summed E-state index contributed by atoms with van der Waals surface area (Å²) in [5, 5.41) is 16.1. The maximum absolute atomic E-state index is 12.3. The first kappa shape index (κ1) is 22.3. The number of nitro groups is 1. The highest BCUT2D eigenvalue weighted by molar-refractivity contribution is 5.97.